The number of anilines is 1. The number of methoxy groups -OCH3 is 1. The number of nitrogens with zero attached hydrogens (tertiary/aromatic N) is 1. The van der Waals surface area contributed by atoms with Crippen LogP contribution in [0.3, 0.4) is 0 Å². The molecular weight excluding hydrogens is 232 g/mol. The van der Waals surface area contributed by atoms with Gasteiger partial charge in [-0.15, -0.1) is 11.3 Å². The number of nitrogens with two attached hydrogens (primary N) is 1. The van der Waals surface area contributed by atoms with Crippen molar-refractivity contribution in [3.63, 3.8) is 0 Å². The van der Waals surface area contributed by atoms with Crippen LogP contribution in [0.15, 0.2) is 24.3 Å². The van der Waals surface area contributed by atoms with Gasteiger partial charge in [0.15, 0.2) is 0 Å². The van der Waals surface area contributed by atoms with Gasteiger partial charge in [0.25, 0.3) is 0 Å². The molecule has 1 heterocycles. The molecule has 0 fully saturated rings. The average Bonchev–Trinajstić information content (AvgIpc) is 2.63. The highest BCUT2D eigenvalue weighted by molar-refractivity contribution is 7.16. The van der Waals surface area contributed by atoms with Gasteiger partial charge in [-0.05, 0) is 13.0 Å². The van der Waals surface area contributed by atoms with Crippen molar-refractivity contribution in [3.8, 4) is 22.9 Å². The zero-order chi connectivity index (χ0) is 12.4. The van der Waals surface area contributed by atoms with Crippen LogP contribution in [0.5, 0.6) is 5.75 Å². The molecule has 0 aliphatic heterocycles. The Bertz CT molecular complexity index is 596. The first-order valence-electron chi connectivity index (χ1n) is 5.11. The van der Waals surface area contributed by atoms with Crippen LogP contribution in [0.25, 0.3) is 11.1 Å². The van der Waals surface area contributed by atoms with Crippen LogP contribution in [0.4, 0.5) is 5.00 Å². The van der Waals surface area contributed by atoms with Crippen LogP contribution >= 0.6 is 11.3 Å². The Balaban J connectivity index is 2.73. The van der Waals surface area contributed by atoms with E-state index in [-0.39, 0.29) is 0 Å². The third-order valence-corrected chi connectivity index (χ3v) is 3.53. The highest BCUT2D eigenvalue weighted by Crippen LogP contribution is 2.41. The van der Waals surface area contributed by atoms with Crippen LogP contribution in [-0.4, -0.2) is 7.11 Å². The minimum Gasteiger partial charge on any atom is -0.496 e. The molecule has 0 spiro atoms. The number of hydrogen-bond donors (Lipinski definition) is 1. The molecule has 2 N–H and O–H groups in total. The van der Waals surface area contributed by atoms with E-state index in [1.165, 1.54) is 11.3 Å². The molecule has 2 rings (SSSR count). The van der Waals surface area contributed by atoms with Crippen LogP contribution in [0.1, 0.15) is 10.4 Å². The Labute approximate surface area is 104 Å². The monoisotopic (exact) mass is 244 g/mol. The largest absolute Gasteiger partial charge is 0.496 e. The van der Waals surface area contributed by atoms with E-state index in [2.05, 4.69) is 6.07 Å². The molecule has 3 nitrogen and oxygen atoms in total. The molecule has 1 aromatic heterocycles. The molecule has 0 atom stereocenters. The molecule has 0 saturated heterocycles. The Kier molecular flexibility index (Phi) is 3.03. The van der Waals surface area contributed by atoms with Crippen LogP contribution in [0.2, 0.25) is 0 Å². The van der Waals surface area contributed by atoms with E-state index in [1.807, 2.05) is 31.2 Å². The van der Waals surface area contributed by atoms with Gasteiger partial charge in [0.1, 0.15) is 16.8 Å². The number of para-hydroxylation sites is 1. The van der Waals surface area contributed by atoms with E-state index in [9.17, 15) is 5.26 Å². The smallest absolute Gasteiger partial charge is 0.126 e. The van der Waals surface area contributed by atoms with Crippen molar-refractivity contribution in [2.24, 2.45) is 0 Å². The third-order valence-electron chi connectivity index (χ3n) is 2.60. The lowest BCUT2D eigenvalue weighted by molar-refractivity contribution is 0.416. The number of rotatable bonds is 2. The van der Waals surface area contributed by atoms with Crippen molar-refractivity contribution < 1.29 is 4.74 Å². The van der Waals surface area contributed by atoms with Crippen molar-refractivity contribution in [1.82, 2.24) is 0 Å². The first kappa shape index (κ1) is 11.5. The highest BCUT2D eigenvalue weighted by Gasteiger charge is 2.17. The summed E-state index contributed by atoms with van der Waals surface area (Å²) < 4.78 is 5.32. The normalized spacial score (nSPS) is 9.94. The molecule has 0 bridgehead atoms. The molecule has 0 saturated carbocycles. The van der Waals surface area contributed by atoms with Gasteiger partial charge in [-0.1, -0.05) is 18.2 Å². The third kappa shape index (κ3) is 1.85. The van der Waals surface area contributed by atoms with Crippen molar-refractivity contribution >= 4 is 16.3 Å². The Morgan fingerprint density at radius 1 is 1.35 bits per heavy atom. The molecule has 0 aliphatic rings. The average molecular weight is 244 g/mol. The summed E-state index contributed by atoms with van der Waals surface area (Å²) in [7, 11) is 1.62. The Hall–Kier alpha value is -1.99. The quantitative estimate of drug-likeness (QED) is 0.882. The predicted molar refractivity (Wildman–Crippen MR) is 70.2 cm³/mol. The summed E-state index contributed by atoms with van der Waals surface area (Å²) in [6.45, 7) is 1.96. The molecule has 0 radical (unpaired) electrons. The predicted octanol–water partition coefficient (Wildman–Crippen LogP) is 3.19. The van der Waals surface area contributed by atoms with Gasteiger partial charge < -0.3 is 10.5 Å². The van der Waals surface area contributed by atoms with E-state index in [0.717, 1.165) is 21.8 Å². The summed E-state index contributed by atoms with van der Waals surface area (Å²) in [5, 5.41) is 9.73. The summed E-state index contributed by atoms with van der Waals surface area (Å²) in [6, 6.07) is 9.81. The minimum atomic E-state index is 0.539. The summed E-state index contributed by atoms with van der Waals surface area (Å²) in [5.41, 5.74) is 8.17. The lowest BCUT2D eigenvalue weighted by Gasteiger charge is -2.08. The SMILES string of the molecule is COc1ccccc1-c1c(C)sc(N)c1C#N. The van der Waals surface area contributed by atoms with Gasteiger partial charge in [-0.2, -0.15) is 5.26 Å². The molecular formula is C13H12N2OS. The fourth-order valence-corrected chi connectivity index (χ4v) is 2.75. The molecule has 1 aromatic carbocycles. The lowest BCUT2D eigenvalue weighted by atomic mass is 10.0. The van der Waals surface area contributed by atoms with E-state index < -0.39 is 0 Å². The number of benzene rings is 1. The van der Waals surface area contributed by atoms with Gasteiger partial charge in [-0.25, -0.2) is 0 Å². The molecule has 86 valence electrons. The molecule has 0 aliphatic carbocycles. The van der Waals surface area contributed by atoms with E-state index in [1.54, 1.807) is 7.11 Å². The van der Waals surface area contributed by atoms with Gasteiger partial charge in [0.2, 0.25) is 0 Å². The first-order chi connectivity index (χ1) is 8.19. The lowest BCUT2D eigenvalue weighted by Crippen LogP contribution is -1.90. The van der Waals surface area contributed by atoms with Crippen LogP contribution in [0, 0.1) is 18.3 Å². The second-order valence-corrected chi connectivity index (χ2v) is 4.84. The minimum absolute atomic E-state index is 0.539. The van der Waals surface area contributed by atoms with Crippen molar-refractivity contribution in [1.29, 1.82) is 5.26 Å². The Morgan fingerprint density at radius 3 is 2.71 bits per heavy atom. The summed E-state index contributed by atoms with van der Waals surface area (Å²) in [5.74, 6) is 0.755. The number of ether oxygens (including phenoxy) is 1. The van der Waals surface area contributed by atoms with E-state index in [4.69, 9.17) is 10.5 Å². The van der Waals surface area contributed by atoms with E-state index in [0.29, 0.717) is 10.6 Å². The number of nitrogen functional groups attached to an aromatic ring is 1. The zero-order valence-corrected chi connectivity index (χ0v) is 10.5. The van der Waals surface area contributed by atoms with Gasteiger partial charge in [0.05, 0.1) is 12.7 Å². The molecule has 0 amide bonds. The second kappa shape index (κ2) is 4.48. The van der Waals surface area contributed by atoms with Crippen molar-refractivity contribution in [2.75, 3.05) is 12.8 Å². The maximum atomic E-state index is 9.17. The maximum Gasteiger partial charge on any atom is 0.126 e. The molecule has 0 unspecified atom stereocenters. The topological polar surface area (TPSA) is 59.0 Å². The van der Waals surface area contributed by atoms with Crippen LogP contribution < -0.4 is 10.5 Å². The standard InChI is InChI=1S/C13H12N2OS/c1-8-12(10(7-14)13(15)17-8)9-5-3-4-6-11(9)16-2/h3-6H,15H2,1-2H3. The van der Waals surface area contributed by atoms with Gasteiger partial charge in [0, 0.05) is 16.0 Å². The number of thiophene rings is 1. The molecule has 2 aromatic rings. The fourth-order valence-electron chi connectivity index (χ4n) is 1.85. The van der Waals surface area contributed by atoms with Gasteiger partial charge in [-0.3, -0.25) is 0 Å². The summed E-state index contributed by atoms with van der Waals surface area (Å²) in [6.07, 6.45) is 0. The number of nitriles is 1. The summed E-state index contributed by atoms with van der Waals surface area (Å²) in [4.78, 5) is 1.03. The zero-order valence-electron chi connectivity index (χ0n) is 9.65. The van der Waals surface area contributed by atoms with E-state index >= 15 is 0 Å². The highest BCUT2D eigenvalue weighted by atomic mass is 32.1. The van der Waals surface area contributed by atoms with Crippen molar-refractivity contribution in [2.45, 2.75) is 6.92 Å². The summed E-state index contributed by atoms with van der Waals surface area (Å²) >= 11 is 1.43. The van der Waals surface area contributed by atoms with Crippen molar-refractivity contribution in [3.05, 3.63) is 34.7 Å². The number of aryl methyl sites for hydroxylation is 1. The molecule has 17 heavy (non-hydrogen) atoms. The number of hydrogen-bond acceptors (Lipinski definition) is 4. The second-order valence-electron chi connectivity index (χ2n) is 3.58. The maximum absolute atomic E-state index is 9.17. The fraction of sp³-hybridized carbons (Fsp3) is 0.154. The van der Waals surface area contributed by atoms with Gasteiger partial charge >= 0.3 is 0 Å². The first-order valence-corrected chi connectivity index (χ1v) is 5.93. The van der Waals surface area contributed by atoms with Crippen LogP contribution in [-0.2, 0) is 0 Å². The Morgan fingerprint density at radius 2 is 2.06 bits per heavy atom. The molecule has 4 heteroatoms.